The molecular weight excluding hydrogens is 340 g/mol. The van der Waals surface area contributed by atoms with Crippen molar-refractivity contribution < 1.29 is 4.79 Å². The first-order valence-electron chi connectivity index (χ1n) is 9.44. The van der Waals surface area contributed by atoms with Crippen LogP contribution in [0.2, 0.25) is 0 Å². The van der Waals surface area contributed by atoms with Gasteiger partial charge in [0.05, 0.1) is 11.6 Å². The first-order chi connectivity index (χ1) is 13.2. The van der Waals surface area contributed by atoms with Gasteiger partial charge < -0.3 is 10.2 Å². The summed E-state index contributed by atoms with van der Waals surface area (Å²) in [6.45, 7) is 4.71. The number of hydrogen-bond acceptors (Lipinski definition) is 5. The van der Waals surface area contributed by atoms with E-state index in [0.29, 0.717) is 12.2 Å². The van der Waals surface area contributed by atoms with Crippen molar-refractivity contribution in [2.75, 3.05) is 18.0 Å². The zero-order valence-corrected chi connectivity index (χ0v) is 15.6. The Kier molecular flexibility index (Phi) is 5.00. The van der Waals surface area contributed by atoms with Gasteiger partial charge in [-0.15, -0.1) is 0 Å². The van der Waals surface area contributed by atoms with Crippen LogP contribution in [-0.2, 0) is 17.9 Å². The number of aryl methyl sites for hydroxylation is 1. The molecule has 1 amide bonds. The number of aromatic nitrogens is 4. The van der Waals surface area contributed by atoms with E-state index in [1.165, 1.54) is 24.8 Å². The van der Waals surface area contributed by atoms with Gasteiger partial charge in [-0.2, -0.15) is 5.10 Å². The number of nitrogens with one attached hydrogen (secondary N) is 1. The van der Waals surface area contributed by atoms with Crippen molar-refractivity contribution in [1.82, 2.24) is 25.1 Å². The number of anilines is 1. The Morgan fingerprint density at radius 1 is 1.11 bits per heavy atom. The van der Waals surface area contributed by atoms with Gasteiger partial charge >= 0.3 is 0 Å². The van der Waals surface area contributed by atoms with E-state index in [4.69, 9.17) is 0 Å². The molecule has 1 fully saturated rings. The van der Waals surface area contributed by atoms with Gasteiger partial charge in [0.25, 0.3) is 0 Å². The summed E-state index contributed by atoms with van der Waals surface area (Å²) in [5, 5.41) is 8.24. The molecule has 1 N–H and O–H groups in total. The highest BCUT2D eigenvalue weighted by molar-refractivity contribution is 5.87. The molecule has 3 heterocycles. The molecule has 0 unspecified atom stereocenters. The Bertz CT molecular complexity index is 927. The van der Waals surface area contributed by atoms with Crippen molar-refractivity contribution in [3.8, 4) is 0 Å². The van der Waals surface area contributed by atoms with Gasteiger partial charge in [-0.1, -0.05) is 29.8 Å². The van der Waals surface area contributed by atoms with Crippen molar-refractivity contribution >= 4 is 22.8 Å². The van der Waals surface area contributed by atoms with Crippen LogP contribution in [0.3, 0.4) is 0 Å². The number of carbonyl (C=O) groups is 1. The summed E-state index contributed by atoms with van der Waals surface area (Å²) in [5.41, 5.74) is 2.99. The minimum atomic E-state index is -0.0845. The van der Waals surface area contributed by atoms with Crippen LogP contribution in [0.5, 0.6) is 0 Å². The van der Waals surface area contributed by atoms with Crippen molar-refractivity contribution in [3.63, 3.8) is 0 Å². The zero-order valence-electron chi connectivity index (χ0n) is 15.6. The third-order valence-corrected chi connectivity index (χ3v) is 4.97. The predicted molar refractivity (Wildman–Crippen MR) is 104 cm³/mol. The molecule has 0 radical (unpaired) electrons. The molecule has 140 valence electrons. The zero-order chi connectivity index (χ0) is 18.6. The molecule has 2 aromatic heterocycles. The highest BCUT2D eigenvalue weighted by Gasteiger charge is 2.18. The summed E-state index contributed by atoms with van der Waals surface area (Å²) in [4.78, 5) is 23.5. The van der Waals surface area contributed by atoms with Gasteiger partial charge in [0.2, 0.25) is 5.91 Å². The number of amides is 1. The third-order valence-electron chi connectivity index (χ3n) is 4.97. The minimum Gasteiger partial charge on any atom is -0.356 e. The normalized spacial score (nSPS) is 14.5. The molecule has 4 rings (SSSR count). The molecule has 27 heavy (non-hydrogen) atoms. The molecular formula is C20H24N6O. The van der Waals surface area contributed by atoms with E-state index in [1.54, 1.807) is 17.2 Å². The highest BCUT2D eigenvalue weighted by Crippen LogP contribution is 2.25. The maximum atomic E-state index is 12.4. The molecule has 0 atom stereocenters. The lowest BCUT2D eigenvalue weighted by Gasteiger charge is -2.27. The monoisotopic (exact) mass is 364 g/mol. The van der Waals surface area contributed by atoms with Crippen molar-refractivity contribution in [1.29, 1.82) is 0 Å². The van der Waals surface area contributed by atoms with Crippen LogP contribution in [0.15, 0.2) is 36.8 Å². The summed E-state index contributed by atoms with van der Waals surface area (Å²) < 4.78 is 1.65. The summed E-state index contributed by atoms with van der Waals surface area (Å²) >= 11 is 0. The molecule has 7 heteroatoms. The van der Waals surface area contributed by atoms with E-state index in [9.17, 15) is 4.79 Å². The average Bonchev–Trinajstić information content (AvgIpc) is 3.11. The van der Waals surface area contributed by atoms with E-state index in [0.717, 1.165) is 29.9 Å². The van der Waals surface area contributed by atoms with E-state index in [-0.39, 0.29) is 12.5 Å². The smallest absolute Gasteiger partial charge is 0.242 e. The second kappa shape index (κ2) is 7.73. The van der Waals surface area contributed by atoms with Crippen molar-refractivity contribution in [2.24, 2.45) is 0 Å². The molecule has 0 spiro atoms. The first-order valence-corrected chi connectivity index (χ1v) is 9.44. The van der Waals surface area contributed by atoms with Crippen LogP contribution in [-0.4, -0.2) is 38.7 Å². The SMILES string of the molecule is Cc1ccc(CNC(=O)Cn2ncc3c(N4CCCCC4)ncnc32)cc1. The second-order valence-electron chi connectivity index (χ2n) is 7.05. The van der Waals surface area contributed by atoms with E-state index in [2.05, 4.69) is 25.3 Å². The van der Waals surface area contributed by atoms with E-state index >= 15 is 0 Å². The van der Waals surface area contributed by atoms with E-state index < -0.39 is 0 Å². The predicted octanol–water partition coefficient (Wildman–Crippen LogP) is 2.44. The second-order valence-corrected chi connectivity index (χ2v) is 7.05. The molecule has 1 saturated heterocycles. The molecule has 1 aromatic carbocycles. The standard InChI is InChI=1S/C20H24N6O/c1-15-5-7-16(8-6-15)11-21-18(27)13-26-20-17(12-24-26)19(22-14-23-20)25-9-3-2-4-10-25/h5-8,12,14H,2-4,9-11,13H2,1H3,(H,21,27). The highest BCUT2D eigenvalue weighted by atomic mass is 16.2. The van der Waals surface area contributed by atoms with Gasteiger partial charge in [-0.3, -0.25) is 4.79 Å². The number of fused-ring (bicyclic) bond motifs is 1. The molecule has 1 aliphatic heterocycles. The molecule has 0 saturated carbocycles. The molecule has 1 aliphatic rings. The Morgan fingerprint density at radius 2 is 1.89 bits per heavy atom. The first kappa shape index (κ1) is 17.5. The maximum absolute atomic E-state index is 12.4. The van der Waals surface area contributed by atoms with Gasteiger partial charge in [-0.25, -0.2) is 14.6 Å². The topological polar surface area (TPSA) is 75.9 Å². The summed E-state index contributed by atoms with van der Waals surface area (Å²) in [7, 11) is 0. The van der Waals surface area contributed by atoms with Crippen LogP contribution in [0.25, 0.3) is 11.0 Å². The summed E-state index contributed by atoms with van der Waals surface area (Å²) in [5.74, 6) is 0.838. The fourth-order valence-corrected chi connectivity index (χ4v) is 3.45. The number of benzene rings is 1. The van der Waals surface area contributed by atoms with Crippen molar-refractivity contribution in [2.45, 2.75) is 39.3 Å². The average molecular weight is 364 g/mol. The quantitative estimate of drug-likeness (QED) is 0.753. The van der Waals surface area contributed by atoms with Gasteiger partial charge in [0, 0.05) is 19.6 Å². The van der Waals surface area contributed by atoms with Crippen molar-refractivity contribution in [3.05, 3.63) is 47.9 Å². The lowest BCUT2D eigenvalue weighted by molar-refractivity contribution is -0.121. The van der Waals surface area contributed by atoms with Gasteiger partial charge in [0.1, 0.15) is 18.7 Å². The summed E-state index contributed by atoms with van der Waals surface area (Å²) in [6, 6.07) is 8.14. The van der Waals surface area contributed by atoms with Gasteiger partial charge in [0.15, 0.2) is 5.65 Å². The van der Waals surface area contributed by atoms with Crippen LogP contribution in [0.4, 0.5) is 5.82 Å². The third kappa shape index (κ3) is 3.92. The minimum absolute atomic E-state index is 0.0845. The van der Waals surface area contributed by atoms with Crippen LogP contribution >= 0.6 is 0 Å². The molecule has 7 nitrogen and oxygen atoms in total. The Hall–Kier alpha value is -2.96. The van der Waals surface area contributed by atoms with Crippen LogP contribution in [0, 0.1) is 6.92 Å². The Labute approximate surface area is 158 Å². The van der Waals surface area contributed by atoms with Gasteiger partial charge in [-0.05, 0) is 31.7 Å². The number of rotatable bonds is 5. The lowest BCUT2D eigenvalue weighted by atomic mass is 10.1. The Morgan fingerprint density at radius 3 is 2.67 bits per heavy atom. The Balaban J connectivity index is 1.45. The fourth-order valence-electron chi connectivity index (χ4n) is 3.45. The maximum Gasteiger partial charge on any atom is 0.242 e. The number of piperidine rings is 1. The molecule has 3 aromatic rings. The summed E-state index contributed by atoms with van der Waals surface area (Å²) in [6.07, 6.45) is 6.97. The van der Waals surface area contributed by atoms with Crippen LogP contribution < -0.4 is 10.2 Å². The lowest BCUT2D eigenvalue weighted by Crippen LogP contribution is -2.30. The molecule has 0 aliphatic carbocycles. The van der Waals surface area contributed by atoms with E-state index in [1.807, 2.05) is 31.2 Å². The molecule has 0 bridgehead atoms. The largest absolute Gasteiger partial charge is 0.356 e. The fraction of sp³-hybridized carbons (Fsp3) is 0.400. The number of hydrogen-bond donors (Lipinski definition) is 1. The van der Waals surface area contributed by atoms with Crippen LogP contribution in [0.1, 0.15) is 30.4 Å². The number of carbonyl (C=O) groups excluding carboxylic acids is 1. The number of nitrogens with zero attached hydrogens (tertiary/aromatic N) is 5.